The fourth-order valence-electron chi connectivity index (χ4n) is 1.88. The molecular formula is C12H19ClN4O2. The highest BCUT2D eigenvalue weighted by molar-refractivity contribution is 6.29. The molecule has 0 saturated carbocycles. The second kappa shape index (κ2) is 7.47. The van der Waals surface area contributed by atoms with Crippen LogP contribution in [0, 0.1) is 5.92 Å². The summed E-state index contributed by atoms with van der Waals surface area (Å²) in [6.07, 6.45) is 2.01. The van der Waals surface area contributed by atoms with Crippen LogP contribution in [0.2, 0.25) is 5.15 Å². The van der Waals surface area contributed by atoms with Crippen LogP contribution in [0.3, 0.4) is 0 Å². The van der Waals surface area contributed by atoms with Crippen LogP contribution in [0.4, 0.5) is 11.8 Å². The topological polar surface area (TPSA) is 82.3 Å². The lowest BCUT2D eigenvalue weighted by atomic mass is 10.1. The third-order valence-electron chi connectivity index (χ3n) is 2.86. The fourth-order valence-corrected chi connectivity index (χ4v) is 2.07. The van der Waals surface area contributed by atoms with E-state index in [4.69, 9.17) is 26.8 Å². The number of nitrogen functional groups attached to an aromatic ring is 1. The third kappa shape index (κ3) is 5.18. The van der Waals surface area contributed by atoms with Crippen LogP contribution in [0.25, 0.3) is 0 Å². The zero-order valence-corrected chi connectivity index (χ0v) is 11.5. The van der Waals surface area contributed by atoms with Gasteiger partial charge >= 0.3 is 0 Å². The molecule has 6 nitrogen and oxygen atoms in total. The number of ether oxygens (including phenoxy) is 2. The summed E-state index contributed by atoms with van der Waals surface area (Å²) in [7, 11) is 0. The van der Waals surface area contributed by atoms with Gasteiger partial charge in [0.05, 0.1) is 13.2 Å². The number of nitrogens with one attached hydrogen (secondary N) is 1. The number of anilines is 2. The van der Waals surface area contributed by atoms with E-state index >= 15 is 0 Å². The normalized spacial score (nSPS) is 18.7. The highest BCUT2D eigenvalue weighted by atomic mass is 35.5. The van der Waals surface area contributed by atoms with Gasteiger partial charge in [0.2, 0.25) is 5.95 Å². The molecule has 1 aliphatic heterocycles. The first kappa shape index (κ1) is 14.3. The summed E-state index contributed by atoms with van der Waals surface area (Å²) in [6, 6.07) is 1.65. The van der Waals surface area contributed by atoms with Crippen LogP contribution in [0.5, 0.6) is 0 Å². The van der Waals surface area contributed by atoms with Crippen molar-refractivity contribution in [3.8, 4) is 0 Å². The molecule has 1 saturated heterocycles. The number of rotatable bonds is 7. The van der Waals surface area contributed by atoms with Crippen LogP contribution >= 0.6 is 11.6 Å². The standard InChI is InChI=1S/C12H19ClN4O2/c13-10-6-11(17-12(14)16-10)15-3-1-4-18-7-9-2-5-19-8-9/h6,9H,1-5,7-8H2,(H3,14,15,16,17). The van der Waals surface area contributed by atoms with E-state index in [9.17, 15) is 0 Å². The molecule has 0 aromatic carbocycles. The van der Waals surface area contributed by atoms with Crippen LogP contribution in [-0.4, -0.2) is 42.9 Å². The van der Waals surface area contributed by atoms with Gasteiger partial charge in [0, 0.05) is 31.7 Å². The van der Waals surface area contributed by atoms with Gasteiger partial charge in [0.1, 0.15) is 11.0 Å². The predicted molar refractivity (Wildman–Crippen MR) is 74.3 cm³/mol. The van der Waals surface area contributed by atoms with E-state index < -0.39 is 0 Å². The fraction of sp³-hybridized carbons (Fsp3) is 0.667. The van der Waals surface area contributed by atoms with E-state index in [-0.39, 0.29) is 5.95 Å². The van der Waals surface area contributed by atoms with Crippen molar-refractivity contribution >= 4 is 23.4 Å². The van der Waals surface area contributed by atoms with Gasteiger partial charge in [0.25, 0.3) is 0 Å². The first-order chi connectivity index (χ1) is 9.24. The Hall–Kier alpha value is -1.11. The minimum absolute atomic E-state index is 0.174. The summed E-state index contributed by atoms with van der Waals surface area (Å²) < 4.78 is 10.9. The van der Waals surface area contributed by atoms with E-state index in [0.29, 0.717) is 16.9 Å². The lowest BCUT2D eigenvalue weighted by molar-refractivity contribution is 0.0897. The second-order valence-corrected chi connectivity index (χ2v) is 4.91. The molecule has 1 aliphatic rings. The summed E-state index contributed by atoms with van der Waals surface area (Å²) in [5.41, 5.74) is 5.50. The molecule has 1 aromatic rings. The Morgan fingerprint density at radius 3 is 3.16 bits per heavy atom. The average molecular weight is 287 g/mol. The van der Waals surface area contributed by atoms with E-state index in [1.165, 1.54) is 0 Å². The van der Waals surface area contributed by atoms with Crippen LogP contribution in [0.1, 0.15) is 12.8 Å². The molecule has 1 unspecified atom stereocenters. The molecule has 7 heteroatoms. The Labute approximate surface area is 117 Å². The van der Waals surface area contributed by atoms with E-state index in [0.717, 1.165) is 45.8 Å². The number of hydrogen-bond donors (Lipinski definition) is 2. The molecule has 0 spiro atoms. The van der Waals surface area contributed by atoms with Crippen molar-refractivity contribution in [1.82, 2.24) is 9.97 Å². The smallest absolute Gasteiger partial charge is 0.223 e. The molecule has 0 aliphatic carbocycles. The van der Waals surface area contributed by atoms with Crippen LogP contribution < -0.4 is 11.1 Å². The Morgan fingerprint density at radius 2 is 2.42 bits per heavy atom. The van der Waals surface area contributed by atoms with Gasteiger partial charge in [-0.25, -0.2) is 4.98 Å². The van der Waals surface area contributed by atoms with Crippen molar-refractivity contribution in [2.24, 2.45) is 5.92 Å². The Kier molecular flexibility index (Phi) is 5.62. The third-order valence-corrected chi connectivity index (χ3v) is 3.05. The van der Waals surface area contributed by atoms with Crippen molar-refractivity contribution in [3.05, 3.63) is 11.2 Å². The maximum Gasteiger partial charge on any atom is 0.223 e. The van der Waals surface area contributed by atoms with Crippen LogP contribution in [0.15, 0.2) is 6.07 Å². The number of aromatic nitrogens is 2. The van der Waals surface area contributed by atoms with E-state index in [2.05, 4.69) is 15.3 Å². The highest BCUT2D eigenvalue weighted by Crippen LogP contribution is 2.13. The Morgan fingerprint density at radius 1 is 1.53 bits per heavy atom. The van der Waals surface area contributed by atoms with Crippen molar-refractivity contribution < 1.29 is 9.47 Å². The maximum absolute atomic E-state index is 5.78. The number of halogens is 1. The molecule has 0 bridgehead atoms. The number of hydrogen-bond acceptors (Lipinski definition) is 6. The molecule has 2 rings (SSSR count). The summed E-state index contributed by atoms with van der Waals surface area (Å²) in [4.78, 5) is 7.82. The summed E-state index contributed by atoms with van der Waals surface area (Å²) >= 11 is 5.78. The second-order valence-electron chi connectivity index (χ2n) is 4.52. The molecular weight excluding hydrogens is 268 g/mol. The predicted octanol–water partition coefficient (Wildman–Crippen LogP) is 1.57. The Balaban J connectivity index is 1.56. The lowest BCUT2D eigenvalue weighted by Crippen LogP contribution is -2.12. The van der Waals surface area contributed by atoms with Gasteiger partial charge in [-0.2, -0.15) is 4.98 Å². The van der Waals surface area contributed by atoms with E-state index in [1.54, 1.807) is 6.07 Å². The Bertz CT molecular complexity index is 379. The molecule has 19 heavy (non-hydrogen) atoms. The van der Waals surface area contributed by atoms with Crippen LogP contribution in [-0.2, 0) is 9.47 Å². The lowest BCUT2D eigenvalue weighted by Gasteiger charge is -2.09. The van der Waals surface area contributed by atoms with Gasteiger partial charge in [-0.1, -0.05) is 11.6 Å². The molecule has 0 radical (unpaired) electrons. The molecule has 1 aromatic heterocycles. The summed E-state index contributed by atoms with van der Waals surface area (Å²) in [5, 5.41) is 3.47. The molecule has 2 heterocycles. The van der Waals surface area contributed by atoms with Crippen molar-refractivity contribution in [2.45, 2.75) is 12.8 Å². The van der Waals surface area contributed by atoms with Gasteiger partial charge < -0.3 is 20.5 Å². The van der Waals surface area contributed by atoms with Crippen molar-refractivity contribution in [2.75, 3.05) is 44.0 Å². The quantitative estimate of drug-likeness (QED) is 0.585. The summed E-state index contributed by atoms with van der Waals surface area (Å²) in [5.74, 6) is 1.38. The van der Waals surface area contributed by atoms with E-state index in [1.807, 2.05) is 0 Å². The first-order valence-corrected chi connectivity index (χ1v) is 6.81. The monoisotopic (exact) mass is 286 g/mol. The minimum Gasteiger partial charge on any atom is -0.381 e. The number of nitrogens with two attached hydrogens (primary N) is 1. The van der Waals surface area contributed by atoms with Gasteiger partial charge in [-0.05, 0) is 12.8 Å². The minimum atomic E-state index is 0.174. The number of nitrogens with zero attached hydrogens (tertiary/aromatic N) is 2. The molecule has 106 valence electrons. The zero-order chi connectivity index (χ0) is 13.5. The summed E-state index contributed by atoms with van der Waals surface area (Å²) in [6.45, 7) is 3.96. The van der Waals surface area contributed by atoms with Crippen molar-refractivity contribution in [3.63, 3.8) is 0 Å². The average Bonchev–Trinajstić information content (AvgIpc) is 2.85. The maximum atomic E-state index is 5.78. The van der Waals surface area contributed by atoms with Crippen molar-refractivity contribution in [1.29, 1.82) is 0 Å². The van der Waals surface area contributed by atoms with Gasteiger partial charge in [-0.3, -0.25) is 0 Å². The molecule has 0 amide bonds. The highest BCUT2D eigenvalue weighted by Gasteiger charge is 2.15. The molecule has 1 fully saturated rings. The molecule has 3 N–H and O–H groups in total. The van der Waals surface area contributed by atoms with Gasteiger partial charge in [-0.15, -0.1) is 0 Å². The SMILES string of the molecule is Nc1nc(Cl)cc(NCCCOCC2CCOC2)n1. The first-order valence-electron chi connectivity index (χ1n) is 6.43. The van der Waals surface area contributed by atoms with Gasteiger partial charge in [0.15, 0.2) is 0 Å². The zero-order valence-electron chi connectivity index (χ0n) is 10.8. The molecule has 1 atom stereocenters. The largest absolute Gasteiger partial charge is 0.381 e.